The minimum atomic E-state index is -4.67. The fraction of sp³-hybridized carbons (Fsp3) is 1.00. The lowest BCUT2D eigenvalue weighted by molar-refractivity contribution is 0.318. The van der Waals surface area contributed by atoms with E-state index >= 15 is 0 Å². The van der Waals surface area contributed by atoms with E-state index in [1.54, 1.807) is 20.8 Å². The molecule has 108 valence electrons. The molecule has 0 amide bonds. The van der Waals surface area contributed by atoms with Crippen LogP contribution in [0.3, 0.4) is 0 Å². The minimum Gasteiger partial charge on any atom is -0.397 e. The van der Waals surface area contributed by atoms with Crippen molar-refractivity contribution < 1.29 is 32.8 Å². The molecular weight excluding hydrogens is 244 g/mol. The van der Waals surface area contributed by atoms with Gasteiger partial charge in [-0.2, -0.15) is 8.42 Å². The highest BCUT2D eigenvalue weighted by atomic mass is 32.3. The molecule has 9 nitrogen and oxygen atoms in total. The summed E-state index contributed by atoms with van der Waals surface area (Å²) in [5.74, 6) is 0. The third kappa shape index (κ3) is 20200. The number of hydrogen-bond donors (Lipinski definition) is 7. The Balaban J connectivity index is -0.0000000206. The van der Waals surface area contributed by atoms with E-state index in [0.717, 1.165) is 0 Å². The standard InChI is InChI=1S/3C2H6O.2H3N.H2O4S/c3*1-2-3;;;1-5(2,3)4/h3*3H,2H2,1H3;2*1H3;(H2,1,2,3,4). The maximum atomic E-state index is 8.74. The van der Waals surface area contributed by atoms with Crippen LogP contribution in [0.25, 0.3) is 0 Å². The fourth-order valence-electron chi connectivity index (χ4n) is 0. The maximum absolute atomic E-state index is 8.74. The molecule has 16 heavy (non-hydrogen) atoms. The Morgan fingerprint density at radius 3 is 0.750 bits per heavy atom. The Morgan fingerprint density at radius 1 is 0.750 bits per heavy atom. The first kappa shape index (κ1) is 36.1. The average molecular weight is 270 g/mol. The molecule has 11 N–H and O–H groups in total. The van der Waals surface area contributed by atoms with Gasteiger partial charge in [0.2, 0.25) is 0 Å². The van der Waals surface area contributed by atoms with Crippen LogP contribution in [-0.4, -0.2) is 52.7 Å². The van der Waals surface area contributed by atoms with Crippen molar-refractivity contribution in [1.29, 1.82) is 0 Å². The fourth-order valence-corrected chi connectivity index (χ4v) is 0. The van der Waals surface area contributed by atoms with Crippen molar-refractivity contribution in [3.8, 4) is 0 Å². The summed E-state index contributed by atoms with van der Waals surface area (Å²) in [5.41, 5.74) is 0. The van der Waals surface area contributed by atoms with Gasteiger partial charge in [0.1, 0.15) is 0 Å². The molecule has 0 heterocycles. The van der Waals surface area contributed by atoms with E-state index in [1.165, 1.54) is 0 Å². The number of aliphatic hydroxyl groups is 3. The summed E-state index contributed by atoms with van der Waals surface area (Å²) in [6, 6.07) is 0. The second kappa shape index (κ2) is 36.5. The Kier molecular flexibility index (Phi) is 82.2. The first-order valence-corrected chi connectivity index (χ1v) is 5.17. The molecule has 0 aliphatic heterocycles. The van der Waals surface area contributed by atoms with Crippen molar-refractivity contribution in [2.24, 2.45) is 0 Å². The number of aliphatic hydroxyl groups excluding tert-OH is 3. The zero-order valence-electron chi connectivity index (χ0n) is 10.00. The smallest absolute Gasteiger partial charge is 0.394 e. The van der Waals surface area contributed by atoms with Gasteiger partial charge >= 0.3 is 10.4 Å². The van der Waals surface area contributed by atoms with Crippen LogP contribution in [0.1, 0.15) is 20.8 Å². The molecule has 0 unspecified atom stereocenters. The Bertz CT molecular complexity index is 138. The summed E-state index contributed by atoms with van der Waals surface area (Å²) in [5, 5.41) is 22.7. The predicted octanol–water partition coefficient (Wildman–Crippen LogP) is -0.333. The highest BCUT2D eigenvalue weighted by molar-refractivity contribution is 7.79. The second-order valence-electron chi connectivity index (χ2n) is 1.40. The lowest BCUT2D eigenvalue weighted by Crippen LogP contribution is -1.89. The van der Waals surface area contributed by atoms with Gasteiger partial charge in [-0.05, 0) is 20.8 Å². The third-order valence-corrected chi connectivity index (χ3v) is 0. The van der Waals surface area contributed by atoms with Crippen molar-refractivity contribution in [1.82, 2.24) is 12.3 Å². The molecule has 0 aliphatic carbocycles. The van der Waals surface area contributed by atoms with Crippen molar-refractivity contribution in [2.45, 2.75) is 20.8 Å². The van der Waals surface area contributed by atoms with E-state index in [2.05, 4.69) is 0 Å². The monoisotopic (exact) mass is 270 g/mol. The Morgan fingerprint density at radius 2 is 0.750 bits per heavy atom. The summed E-state index contributed by atoms with van der Waals surface area (Å²) >= 11 is 0. The first-order valence-electron chi connectivity index (χ1n) is 3.77. The second-order valence-corrected chi connectivity index (χ2v) is 2.29. The number of rotatable bonds is 0. The topological polar surface area (TPSA) is 205 Å². The van der Waals surface area contributed by atoms with Crippen LogP contribution in [-0.2, 0) is 10.4 Å². The van der Waals surface area contributed by atoms with Gasteiger partial charge in [0, 0.05) is 19.8 Å². The molecule has 0 aromatic rings. The zero-order valence-corrected chi connectivity index (χ0v) is 10.8. The molecule has 0 saturated heterocycles. The van der Waals surface area contributed by atoms with E-state index in [1.807, 2.05) is 0 Å². The van der Waals surface area contributed by atoms with Gasteiger partial charge in [-0.25, -0.2) is 0 Å². The molecular formula is C6H26N2O7S. The average Bonchev–Trinajstić information content (AvgIpc) is 1.86. The lowest BCUT2D eigenvalue weighted by Gasteiger charge is -1.68. The summed E-state index contributed by atoms with van der Waals surface area (Å²) in [7, 11) is -4.67. The van der Waals surface area contributed by atoms with E-state index in [-0.39, 0.29) is 32.1 Å². The molecule has 0 radical (unpaired) electrons. The zero-order chi connectivity index (χ0) is 12.6. The quantitative estimate of drug-likeness (QED) is 0.287. The van der Waals surface area contributed by atoms with Gasteiger partial charge in [0.25, 0.3) is 0 Å². The molecule has 0 bridgehead atoms. The molecule has 0 aromatic carbocycles. The summed E-state index contributed by atoms with van der Waals surface area (Å²) in [4.78, 5) is 0. The first-order chi connectivity index (χ1) is 6.24. The lowest BCUT2D eigenvalue weighted by atomic mass is 10.9. The normalized spacial score (nSPS) is 7.00. The van der Waals surface area contributed by atoms with Crippen LogP contribution in [0.4, 0.5) is 0 Å². The van der Waals surface area contributed by atoms with Gasteiger partial charge in [-0.15, -0.1) is 0 Å². The molecule has 0 aromatic heterocycles. The summed E-state index contributed by atoms with van der Waals surface area (Å²) in [6.45, 7) is 5.79. The summed E-state index contributed by atoms with van der Waals surface area (Å²) < 4.78 is 31.6. The SMILES string of the molecule is CCO.CCO.CCO.N.N.O=S(=O)(O)O. The summed E-state index contributed by atoms with van der Waals surface area (Å²) in [6.07, 6.45) is 0. The molecule has 0 atom stereocenters. The van der Waals surface area contributed by atoms with Crippen LogP contribution < -0.4 is 12.3 Å². The van der Waals surface area contributed by atoms with Crippen LogP contribution in [0.15, 0.2) is 0 Å². The van der Waals surface area contributed by atoms with E-state index in [9.17, 15) is 0 Å². The molecule has 0 aliphatic rings. The van der Waals surface area contributed by atoms with Gasteiger partial charge in [0.15, 0.2) is 0 Å². The minimum absolute atomic E-state index is 0. The number of hydrogen-bond acceptors (Lipinski definition) is 7. The Hall–Kier alpha value is -0.330. The highest BCUT2D eigenvalue weighted by Gasteiger charge is 1.84. The van der Waals surface area contributed by atoms with Crippen molar-refractivity contribution in [3.05, 3.63) is 0 Å². The van der Waals surface area contributed by atoms with Crippen molar-refractivity contribution in [2.75, 3.05) is 19.8 Å². The van der Waals surface area contributed by atoms with E-state index in [4.69, 9.17) is 32.8 Å². The van der Waals surface area contributed by atoms with E-state index < -0.39 is 10.4 Å². The van der Waals surface area contributed by atoms with Gasteiger partial charge in [-0.1, -0.05) is 0 Å². The van der Waals surface area contributed by atoms with Crippen molar-refractivity contribution >= 4 is 10.4 Å². The molecule has 0 rings (SSSR count). The largest absolute Gasteiger partial charge is 0.397 e. The van der Waals surface area contributed by atoms with Crippen LogP contribution >= 0.6 is 0 Å². The van der Waals surface area contributed by atoms with Crippen LogP contribution in [0.5, 0.6) is 0 Å². The molecule has 0 fully saturated rings. The third-order valence-electron chi connectivity index (χ3n) is 0. The van der Waals surface area contributed by atoms with Gasteiger partial charge < -0.3 is 27.6 Å². The van der Waals surface area contributed by atoms with Gasteiger partial charge in [0.05, 0.1) is 0 Å². The van der Waals surface area contributed by atoms with Crippen LogP contribution in [0.2, 0.25) is 0 Å². The molecule has 10 heteroatoms. The highest BCUT2D eigenvalue weighted by Crippen LogP contribution is 1.59. The Labute approximate surface area is 96.9 Å². The predicted molar refractivity (Wildman–Crippen MR) is 62.5 cm³/mol. The van der Waals surface area contributed by atoms with Gasteiger partial charge in [-0.3, -0.25) is 9.11 Å². The molecule has 0 spiro atoms. The molecule has 0 saturated carbocycles. The maximum Gasteiger partial charge on any atom is 0.394 e. The van der Waals surface area contributed by atoms with Crippen molar-refractivity contribution in [3.63, 3.8) is 0 Å². The van der Waals surface area contributed by atoms with E-state index in [0.29, 0.717) is 0 Å². The van der Waals surface area contributed by atoms with Crippen LogP contribution in [0, 0.1) is 0 Å².